The van der Waals surface area contributed by atoms with Gasteiger partial charge in [-0.15, -0.1) is 0 Å². The van der Waals surface area contributed by atoms with Crippen molar-refractivity contribution in [1.82, 2.24) is 4.90 Å². The van der Waals surface area contributed by atoms with Crippen LogP contribution in [0.3, 0.4) is 0 Å². The number of hydrogen-bond donors (Lipinski definition) is 0. The van der Waals surface area contributed by atoms with E-state index in [2.05, 4.69) is 0 Å². The number of aryl methyl sites for hydroxylation is 1. The molecule has 0 saturated carbocycles. The number of imide groups is 1. The molecule has 1 aromatic rings. The van der Waals surface area contributed by atoms with E-state index in [-0.39, 0.29) is 5.91 Å². The Balaban J connectivity index is 2.95. The van der Waals surface area contributed by atoms with Crippen LogP contribution in [0.25, 0.3) is 0 Å². The van der Waals surface area contributed by atoms with Gasteiger partial charge in [-0.05, 0) is 32.8 Å². The third kappa shape index (κ3) is 5.03. The minimum absolute atomic E-state index is 0.254. The van der Waals surface area contributed by atoms with Crippen molar-refractivity contribution in [3.63, 3.8) is 0 Å². The summed E-state index contributed by atoms with van der Waals surface area (Å²) in [4.78, 5) is 25.0. The van der Waals surface area contributed by atoms with E-state index in [0.29, 0.717) is 18.5 Å². The zero-order valence-corrected chi connectivity index (χ0v) is 13.2. The minimum atomic E-state index is -0.254. The van der Waals surface area contributed by atoms with Gasteiger partial charge in [0, 0.05) is 5.57 Å². The lowest BCUT2D eigenvalue weighted by atomic mass is 10.1. The van der Waals surface area contributed by atoms with E-state index in [1.165, 1.54) is 4.90 Å². The number of allylic oxidation sites excluding steroid dienone is 2. The van der Waals surface area contributed by atoms with E-state index in [0.717, 1.165) is 23.1 Å². The topological polar surface area (TPSA) is 37.4 Å². The van der Waals surface area contributed by atoms with Crippen molar-refractivity contribution in [2.24, 2.45) is 0 Å². The zero-order chi connectivity index (χ0) is 15.8. The van der Waals surface area contributed by atoms with Gasteiger partial charge in [0.2, 0.25) is 6.41 Å². The number of nitrogens with zero attached hydrogens (tertiary/aromatic N) is 1. The van der Waals surface area contributed by atoms with Gasteiger partial charge in [-0.2, -0.15) is 0 Å². The van der Waals surface area contributed by atoms with Crippen molar-refractivity contribution in [1.29, 1.82) is 0 Å². The Kier molecular flexibility index (Phi) is 6.60. The molecule has 0 heterocycles. The fourth-order valence-electron chi connectivity index (χ4n) is 1.89. The SMILES string of the molecule is CC/C=C\C(C(=O)N(C=O)Cc1ccc(C)cc1)=C(C)C. The second-order valence-corrected chi connectivity index (χ2v) is 5.25. The molecule has 112 valence electrons. The van der Waals surface area contributed by atoms with Crippen LogP contribution in [-0.4, -0.2) is 17.2 Å². The third-order valence-electron chi connectivity index (χ3n) is 3.15. The van der Waals surface area contributed by atoms with Crippen molar-refractivity contribution in [2.45, 2.75) is 40.7 Å². The Morgan fingerprint density at radius 2 is 1.81 bits per heavy atom. The Hall–Kier alpha value is -2.16. The summed E-state index contributed by atoms with van der Waals surface area (Å²) in [6.45, 7) is 8.06. The Morgan fingerprint density at radius 1 is 1.19 bits per heavy atom. The van der Waals surface area contributed by atoms with Gasteiger partial charge in [0.1, 0.15) is 0 Å². The molecule has 0 radical (unpaired) electrons. The molecule has 0 aromatic heterocycles. The lowest BCUT2D eigenvalue weighted by Crippen LogP contribution is -2.30. The fraction of sp³-hybridized carbons (Fsp3) is 0.333. The van der Waals surface area contributed by atoms with Crippen LogP contribution < -0.4 is 0 Å². The molecular formula is C18H23NO2. The summed E-state index contributed by atoms with van der Waals surface area (Å²) < 4.78 is 0. The highest BCUT2D eigenvalue weighted by Crippen LogP contribution is 2.13. The molecule has 3 heteroatoms. The molecule has 0 saturated heterocycles. The number of benzene rings is 1. The number of carbonyl (C=O) groups is 2. The van der Waals surface area contributed by atoms with Gasteiger partial charge in [-0.3, -0.25) is 14.5 Å². The average molecular weight is 285 g/mol. The maximum absolute atomic E-state index is 12.5. The lowest BCUT2D eigenvalue weighted by Gasteiger charge is -2.17. The van der Waals surface area contributed by atoms with Crippen LogP contribution in [0.15, 0.2) is 47.6 Å². The smallest absolute Gasteiger partial charge is 0.260 e. The maximum atomic E-state index is 12.5. The molecule has 0 aliphatic heterocycles. The number of carbonyl (C=O) groups excluding carboxylic acids is 2. The van der Waals surface area contributed by atoms with Crippen molar-refractivity contribution >= 4 is 12.3 Å². The molecule has 0 unspecified atom stereocenters. The van der Waals surface area contributed by atoms with Crippen LogP contribution in [0.2, 0.25) is 0 Å². The quantitative estimate of drug-likeness (QED) is 0.453. The van der Waals surface area contributed by atoms with E-state index in [4.69, 9.17) is 0 Å². The molecule has 1 rings (SSSR count). The minimum Gasteiger partial charge on any atom is -0.278 e. The van der Waals surface area contributed by atoms with Crippen molar-refractivity contribution in [3.8, 4) is 0 Å². The van der Waals surface area contributed by atoms with Gasteiger partial charge in [0.25, 0.3) is 5.91 Å². The molecule has 1 aromatic carbocycles. The average Bonchev–Trinajstić information content (AvgIpc) is 2.46. The first-order valence-electron chi connectivity index (χ1n) is 7.15. The van der Waals surface area contributed by atoms with Gasteiger partial charge in [0.05, 0.1) is 6.54 Å². The number of hydrogen-bond acceptors (Lipinski definition) is 2. The summed E-state index contributed by atoms with van der Waals surface area (Å²) in [5.74, 6) is -0.254. The van der Waals surface area contributed by atoms with E-state index >= 15 is 0 Å². The number of amides is 2. The predicted octanol–water partition coefficient (Wildman–Crippen LogP) is 3.78. The summed E-state index contributed by atoms with van der Waals surface area (Å²) in [7, 11) is 0. The summed E-state index contributed by atoms with van der Waals surface area (Å²) in [5.41, 5.74) is 3.57. The predicted molar refractivity (Wildman–Crippen MR) is 85.6 cm³/mol. The third-order valence-corrected chi connectivity index (χ3v) is 3.15. The Labute approximate surface area is 127 Å². The van der Waals surface area contributed by atoms with Gasteiger partial charge < -0.3 is 0 Å². The molecule has 0 fully saturated rings. The highest BCUT2D eigenvalue weighted by atomic mass is 16.2. The fourth-order valence-corrected chi connectivity index (χ4v) is 1.89. The molecular weight excluding hydrogens is 262 g/mol. The van der Waals surface area contributed by atoms with Crippen molar-refractivity contribution in [2.75, 3.05) is 0 Å². The summed E-state index contributed by atoms with van der Waals surface area (Å²) in [6, 6.07) is 7.82. The normalized spacial score (nSPS) is 10.5. The lowest BCUT2D eigenvalue weighted by molar-refractivity contribution is -0.135. The van der Waals surface area contributed by atoms with Crippen LogP contribution in [0.4, 0.5) is 0 Å². The summed E-state index contributed by atoms with van der Waals surface area (Å²) >= 11 is 0. The van der Waals surface area contributed by atoms with Crippen molar-refractivity contribution in [3.05, 3.63) is 58.7 Å². The Bertz CT molecular complexity index is 549. The van der Waals surface area contributed by atoms with Gasteiger partial charge >= 0.3 is 0 Å². The van der Waals surface area contributed by atoms with E-state index in [9.17, 15) is 9.59 Å². The van der Waals surface area contributed by atoms with Crippen LogP contribution in [0, 0.1) is 6.92 Å². The molecule has 3 nitrogen and oxygen atoms in total. The molecule has 21 heavy (non-hydrogen) atoms. The van der Waals surface area contributed by atoms with Gasteiger partial charge in [-0.1, -0.05) is 54.5 Å². The molecule has 0 atom stereocenters. The highest BCUT2D eigenvalue weighted by Gasteiger charge is 2.17. The first-order chi connectivity index (χ1) is 9.99. The molecule has 0 spiro atoms. The van der Waals surface area contributed by atoms with E-state index < -0.39 is 0 Å². The largest absolute Gasteiger partial charge is 0.278 e. The van der Waals surface area contributed by atoms with Crippen LogP contribution in [0.1, 0.15) is 38.3 Å². The molecule has 0 aliphatic carbocycles. The van der Waals surface area contributed by atoms with Crippen molar-refractivity contribution < 1.29 is 9.59 Å². The monoisotopic (exact) mass is 285 g/mol. The van der Waals surface area contributed by atoms with E-state index in [1.54, 1.807) is 6.08 Å². The first kappa shape index (κ1) is 16.9. The summed E-state index contributed by atoms with van der Waals surface area (Å²) in [6.07, 6.45) is 5.17. The van der Waals surface area contributed by atoms with Gasteiger partial charge in [0.15, 0.2) is 0 Å². The molecule has 0 aliphatic rings. The van der Waals surface area contributed by atoms with Crippen LogP contribution in [0.5, 0.6) is 0 Å². The standard InChI is InChI=1S/C18H23NO2/c1-5-6-7-17(14(2)3)18(21)19(13-20)12-16-10-8-15(4)9-11-16/h6-11,13H,5,12H2,1-4H3/b7-6-. The van der Waals surface area contributed by atoms with Crippen LogP contribution in [-0.2, 0) is 16.1 Å². The second-order valence-electron chi connectivity index (χ2n) is 5.25. The molecule has 2 amide bonds. The zero-order valence-electron chi connectivity index (χ0n) is 13.2. The maximum Gasteiger partial charge on any atom is 0.260 e. The van der Waals surface area contributed by atoms with Gasteiger partial charge in [-0.25, -0.2) is 0 Å². The van der Waals surface area contributed by atoms with E-state index in [1.807, 2.05) is 58.0 Å². The highest BCUT2D eigenvalue weighted by molar-refractivity contribution is 6.01. The Morgan fingerprint density at radius 3 is 2.29 bits per heavy atom. The molecule has 0 bridgehead atoms. The van der Waals surface area contributed by atoms with Crippen LogP contribution >= 0.6 is 0 Å². The molecule has 0 N–H and O–H groups in total. The summed E-state index contributed by atoms with van der Waals surface area (Å²) in [5, 5.41) is 0. The second kappa shape index (κ2) is 8.20. The number of rotatable bonds is 6. The first-order valence-corrected chi connectivity index (χ1v) is 7.15.